The van der Waals surface area contributed by atoms with E-state index in [0.29, 0.717) is 18.7 Å². The van der Waals surface area contributed by atoms with Crippen molar-refractivity contribution in [1.82, 2.24) is 4.98 Å². The first-order valence-corrected chi connectivity index (χ1v) is 12.8. The first-order valence-electron chi connectivity index (χ1n) is 12.8. The highest BCUT2D eigenvalue weighted by molar-refractivity contribution is 5.88. The van der Waals surface area contributed by atoms with Gasteiger partial charge in [-0.2, -0.15) is 0 Å². The van der Waals surface area contributed by atoms with E-state index >= 15 is 0 Å². The Kier molecular flexibility index (Phi) is 12.3. The van der Waals surface area contributed by atoms with Crippen molar-refractivity contribution in [1.29, 1.82) is 0 Å². The van der Waals surface area contributed by atoms with E-state index in [1.807, 2.05) is 42.6 Å². The van der Waals surface area contributed by atoms with Crippen molar-refractivity contribution in [3.63, 3.8) is 0 Å². The lowest BCUT2D eigenvalue weighted by molar-refractivity contribution is -0.662. The smallest absolute Gasteiger partial charge is 0.328 e. The van der Waals surface area contributed by atoms with Gasteiger partial charge in [0, 0.05) is 30.3 Å². The summed E-state index contributed by atoms with van der Waals surface area (Å²) in [4.78, 5) is 23.6. The predicted molar refractivity (Wildman–Crippen MR) is 147 cm³/mol. The molecule has 3 rings (SSSR count). The topological polar surface area (TPSA) is 136 Å². The highest BCUT2D eigenvalue weighted by Gasteiger charge is 2.18. The highest BCUT2D eigenvalue weighted by atomic mass is 16.5. The standard InChI is InChI=1S/C27H34N2O2.C4H4O4/c1-27(2,3)22-13-11-20(12-14-22)26(30)19-28-17-15-24(25-10-5-6-16-29-25)21-8-7-9-23(18-21)31-4;5-3(6)1-2-4(7)8/h5-14,16,18,24,26,28,30H,15,17,19H2,1-4H3;1-2H,(H,5,6)(H,7,8)/b;2-1+. The number of nitrogens with zero attached hydrogens (tertiary/aromatic N) is 1. The normalized spacial score (nSPS) is 12.7. The zero-order valence-electron chi connectivity index (χ0n) is 22.9. The third-order valence-corrected chi connectivity index (χ3v) is 6.11. The van der Waals surface area contributed by atoms with Crippen LogP contribution in [0, 0.1) is 0 Å². The number of carbonyl (C=O) groups is 2. The van der Waals surface area contributed by atoms with Gasteiger partial charge in [-0.15, -0.1) is 0 Å². The fraction of sp³-hybridized carbons (Fsp3) is 0.323. The molecule has 1 heterocycles. The van der Waals surface area contributed by atoms with Gasteiger partial charge in [-0.3, -0.25) is 4.98 Å². The Hall–Kier alpha value is -4.01. The van der Waals surface area contributed by atoms with Crippen molar-refractivity contribution in [3.05, 3.63) is 107 Å². The van der Waals surface area contributed by atoms with Crippen LogP contribution in [0.4, 0.5) is 0 Å². The fourth-order valence-electron chi connectivity index (χ4n) is 3.97. The number of quaternary nitrogens is 1. The number of hydrogen-bond acceptors (Lipinski definition) is 6. The number of aliphatic hydroxyl groups excluding tert-OH is 1. The average Bonchev–Trinajstić information content (AvgIpc) is 2.92. The summed E-state index contributed by atoms with van der Waals surface area (Å²) in [6, 6.07) is 22.6. The molecule has 0 amide bonds. The molecule has 4 N–H and O–H groups in total. The Morgan fingerprint density at radius 3 is 2.28 bits per heavy atom. The molecule has 39 heavy (non-hydrogen) atoms. The number of benzene rings is 2. The molecule has 0 aliphatic rings. The molecule has 8 nitrogen and oxygen atoms in total. The minimum atomic E-state index is -1.51. The third-order valence-electron chi connectivity index (χ3n) is 6.11. The first kappa shape index (κ1) is 31.2. The zero-order valence-corrected chi connectivity index (χ0v) is 22.9. The third kappa shape index (κ3) is 11.1. The molecule has 0 aliphatic heterocycles. The summed E-state index contributed by atoms with van der Waals surface area (Å²) in [7, 11) is 1.69. The van der Waals surface area contributed by atoms with E-state index in [1.165, 1.54) is 11.1 Å². The monoisotopic (exact) mass is 534 g/mol. The maximum atomic E-state index is 10.6. The molecule has 1 aromatic heterocycles. The van der Waals surface area contributed by atoms with Crippen LogP contribution >= 0.6 is 0 Å². The highest BCUT2D eigenvalue weighted by Crippen LogP contribution is 2.28. The number of hydrogen-bond donors (Lipinski definition) is 3. The van der Waals surface area contributed by atoms with Crippen LogP contribution in [0.2, 0.25) is 0 Å². The molecule has 3 aromatic rings. The maximum Gasteiger partial charge on any atom is 0.328 e. The molecule has 0 saturated carbocycles. The average molecular weight is 535 g/mol. The largest absolute Gasteiger partial charge is 0.545 e. The second-order valence-corrected chi connectivity index (χ2v) is 10.1. The van der Waals surface area contributed by atoms with Crippen LogP contribution in [-0.2, 0) is 15.0 Å². The molecule has 0 bridgehead atoms. The summed E-state index contributed by atoms with van der Waals surface area (Å²) in [5.74, 6) is -1.76. The van der Waals surface area contributed by atoms with Crippen LogP contribution in [-0.4, -0.2) is 47.3 Å². The number of pyridine rings is 1. The zero-order chi connectivity index (χ0) is 28.8. The molecule has 0 saturated heterocycles. The lowest BCUT2D eigenvalue weighted by Gasteiger charge is -2.20. The van der Waals surface area contributed by atoms with Crippen molar-refractivity contribution in [2.24, 2.45) is 0 Å². The maximum absolute atomic E-state index is 10.6. The number of aliphatic carboxylic acids is 2. The number of rotatable bonds is 11. The van der Waals surface area contributed by atoms with Crippen molar-refractivity contribution in [2.75, 3.05) is 20.2 Å². The minimum Gasteiger partial charge on any atom is -0.545 e. The van der Waals surface area contributed by atoms with Crippen LogP contribution in [0.3, 0.4) is 0 Å². The minimum absolute atomic E-state index is 0.121. The van der Waals surface area contributed by atoms with Crippen molar-refractivity contribution in [2.45, 2.75) is 44.6 Å². The van der Waals surface area contributed by atoms with Crippen LogP contribution in [0.15, 0.2) is 85.1 Å². The molecule has 0 spiro atoms. The van der Waals surface area contributed by atoms with Crippen LogP contribution in [0.1, 0.15) is 61.6 Å². The van der Waals surface area contributed by atoms with E-state index in [4.69, 9.17) is 9.84 Å². The molecule has 2 unspecified atom stereocenters. The van der Waals surface area contributed by atoms with Gasteiger partial charge in [-0.25, -0.2) is 4.79 Å². The quantitative estimate of drug-likeness (QED) is 0.254. The molecule has 2 aromatic carbocycles. The summed E-state index contributed by atoms with van der Waals surface area (Å²) in [5.41, 5.74) is 4.63. The summed E-state index contributed by atoms with van der Waals surface area (Å²) < 4.78 is 5.41. The fourth-order valence-corrected chi connectivity index (χ4v) is 3.97. The molecular weight excluding hydrogens is 496 g/mol. The Balaban J connectivity index is 0.000000580. The SMILES string of the molecule is COc1cccc(C(CC[NH2+]CC(O)c2ccc(C(C)(C)C)cc2)c2ccccn2)c1.O=C([O-])/C=C/C(=O)O. The summed E-state index contributed by atoms with van der Waals surface area (Å²) >= 11 is 0. The van der Waals surface area contributed by atoms with E-state index in [2.05, 4.69) is 61.4 Å². The Labute approximate surface area is 230 Å². The van der Waals surface area contributed by atoms with E-state index in [9.17, 15) is 19.8 Å². The van der Waals surface area contributed by atoms with Crippen molar-refractivity contribution >= 4 is 11.9 Å². The number of ether oxygens (including phenoxy) is 1. The molecular formula is C31H38N2O6. The number of aliphatic hydroxyl groups is 1. The van der Waals surface area contributed by atoms with E-state index < -0.39 is 18.0 Å². The number of carboxylic acids is 2. The Morgan fingerprint density at radius 1 is 1.03 bits per heavy atom. The molecule has 2 atom stereocenters. The Morgan fingerprint density at radius 2 is 1.74 bits per heavy atom. The predicted octanol–water partition coefficient (Wildman–Crippen LogP) is 2.58. The van der Waals surface area contributed by atoms with Gasteiger partial charge in [-0.1, -0.05) is 63.2 Å². The molecule has 0 fully saturated rings. The van der Waals surface area contributed by atoms with Crippen molar-refractivity contribution in [3.8, 4) is 5.75 Å². The van der Waals surface area contributed by atoms with Gasteiger partial charge in [0.2, 0.25) is 0 Å². The van der Waals surface area contributed by atoms with Gasteiger partial charge in [0.15, 0.2) is 0 Å². The molecule has 208 valence electrons. The van der Waals surface area contributed by atoms with Gasteiger partial charge in [0.1, 0.15) is 18.4 Å². The van der Waals surface area contributed by atoms with E-state index in [1.54, 1.807) is 7.11 Å². The summed E-state index contributed by atoms with van der Waals surface area (Å²) in [6.07, 6.45) is 3.24. The molecule has 0 radical (unpaired) electrons. The van der Waals surface area contributed by atoms with Gasteiger partial charge < -0.3 is 30.2 Å². The van der Waals surface area contributed by atoms with Crippen LogP contribution < -0.4 is 15.2 Å². The second-order valence-electron chi connectivity index (χ2n) is 10.1. The van der Waals surface area contributed by atoms with E-state index in [-0.39, 0.29) is 11.3 Å². The number of carboxylic acid groups (broad SMARTS) is 2. The lowest BCUT2D eigenvalue weighted by Crippen LogP contribution is -2.85. The van der Waals surface area contributed by atoms with Crippen molar-refractivity contribution < 1.29 is 35.0 Å². The number of nitrogens with two attached hydrogens (primary N) is 1. The van der Waals surface area contributed by atoms with Gasteiger partial charge in [-0.05, 0) is 52.4 Å². The first-order chi connectivity index (χ1) is 18.5. The van der Waals surface area contributed by atoms with Gasteiger partial charge in [0.05, 0.1) is 19.6 Å². The summed E-state index contributed by atoms with van der Waals surface area (Å²) in [5, 5.41) is 30.0. The van der Waals surface area contributed by atoms with Crippen LogP contribution in [0.5, 0.6) is 5.75 Å². The van der Waals surface area contributed by atoms with Crippen LogP contribution in [0.25, 0.3) is 0 Å². The lowest BCUT2D eigenvalue weighted by atomic mass is 9.86. The molecule has 0 aliphatic carbocycles. The van der Waals surface area contributed by atoms with Gasteiger partial charge in [0.25, 0.3) is 0 Å². The van der Waals surface area contributed by atoms with Gasteiger partial charge >= 0.3 is 5.97 Å². The number of methoxy groups -OCH3 is 1. The molecule has 8 heteroatoms. The Bertz CT molecular complexity index is 1190. The second kappa shape index (κ2) is 15.4. The van der Waals surface area contributed by atoms with E-state index in [0.717, 1.165) is 30.0 Å². The number of aromatic nitrogens is 1. The summed E-state index contributed by atoms with van der Waals surface area (Å²) in [6.45, 7) is 8.14. The number of carbonyl (C=O) groups excluding carboxylic acids is 1.